The van der Waals surface area contributed by atoms with Crippen molar-refractivity contribution in [2.75, 3.05) is 0 Å². The third-order valence-corrected chi connectivity index (χ3v) is 1.67. The van der Waals surface area contributed by atoms with Crippen molar-refractivity contribution in [2.45, 2.75) is 0 Å². The molecule has 0 aromatic heterocycles. The van der Waals surface area contributed by atoms with Gasteiger partial charge in [0.2, 0.25) is 0 Å². The van der Waals surface area contributed by atoms with Crippen molar-refractivity contribution in [3.8, 4) is 0 Å². The van der Waals surface area contributed by atoms with Gasteiger partial charge in [-0.2, -0.15) is 54.6 Å². The predicted molar refractivity (Wildman–Crippen MR) is 66.1 cm³/mol. The Kier molecular flexibility index (Phi) is 11.8. The van der Waals surface area contributed by atoms with Crippen LogP contribution in [0.2, 0.25) is 0 Å². The molecule has 0 atom stereocenters. The Labute approximate surface area is 127 Å². The summed E-state index contributed by atoms with van der Waals surface area (Å²) in [7, 11) is 0. The van der Waals surface area contributed by atoms with Gasteiger partial charge in [0.05, 0.1) is 0 Å². The van der Waals surface area contributed by atoms with Gasteiger partial charge in [-0.25, -0.2) is 36.4 Å². The second-order valence-corrected chi connectivity index (χ2v) is 2.89. The monoisotopic (exact) mass is 364 g/mol. The van der Waals surface area contributed by atoms with Gasteiger partial charge in [-0.1, -0.05) is 0 Å². The van der Waals surface area contributed by atoms with Crippen molar-refractivity contribution in [3.63, 3.8) is 0 Å². The Hall–Kier alpha value is -0.716. The summed E-state index contributed by atoms with van der Waals surface area (Å²) in [6.45, 7) is 0. The largest absolute Gasteiger partial charge is 3.00 e. The van der Waals surface area contributed by atoms with Gasteiger partial charge in [0, 0.05) is 0 Å². The van der Waals surface area contributed by atoms with Crippen LogP contribution in [0.3, 0.4) is 0 Å². The Morgan fingerprint density at radius 3 is 0.625 bits per heavy atom. The molecule has 1 heteroatoms. The van der Waals surface area contributed by atoms with Crippen molar-refractivity contribution in [1.29, 1.82) is 0 Å². The number of hydrogen-bond acceptors (Lipinski definition) is 0. The molecule has 0 saturated carbocycles. The Bertz CT molecular complexity index is 237. The van der Waals surface area contributed by atoms with Gasteiger partial charge in [-0.15, -0.1) is 0 Å². The minimum Gasteiger partial charge on any atom is -0.214 e. The molecule has 88 valence electrons. The number of hydrogen-bond donors (Lipinski definition) is 0. The maximum absolute atomic E-state index is 2.00. The van der Waals surface area contributed by atoms with Crippen LogP contribution in [0.4, 0.5) is 0 Å². The van der Waals surface area contributed by atoms with Crippen molar-refractivity contribution in [1.82, 2.24) is 0 Å². The van der Waals surface area contributed by atoms with Crippen LogP contribution in [0.5, 0.6) is 0 Å². The van der Waals surface area contributed by atoms with E-state index in [1.807, 2.05) is 91.0 Å². The summed E-state index contributed by atoms with van der Waals surface area (Å²) in [6, 6.07) is 30.0. The summed E-state index contributed by atoms with van der Waals surface area (Å²) < 4.78 is 0. The Morgan fingerprint density at radius 1 is 0.375 bits per heavy atom. The summed E-state index contributed by atoms with van der Waals surface area (Å²) in [5.74, 6) is 0. The predicted octanol–water partition coefficient (Wildman–Crippen LogP) is 4.22. The van der Waals surface area contributed by atoms with E-state index in [-0.39, 0.29) is 36.9 Å². The Balaban J connectivity index is 0.000000205. The average Bonchev–Trinajstić information content (AvgIpc) is 3.09. The maximum Gasteiger partial charge on any atom is 3.00 e. The molecule has 0 aliphatic carbocycles. The molecule has 0 heterocycles. The topological polar surface area (TPSA) is 0 Å². The molecule has 3 rings (SSSR count). The van der Waals surface area contributed by atoms with E-state index in [4.69, 9.17) is 0 Å². The van der Waals surface area contributed by atoms with Crippen LogP contribution in [0.25, 0.3) is 0 Å². The van der Waals surface area contributed by atoms with E-state index in [0.29, 0.717) is 0 Å². The molecule has 0 unspecified atom stereocenters. The SMILES string of the molecule is [Tm+3].c1cc[cH-]c1.c1cc[cH-]c1.c1cc[cH-]c1. The first kappa shape index (κ1) is 15.3. The summed E-state index contributed by atoms with van der Waals surface area (Å²) in [5, 5.41) is 0. The molecule has 0 fully saturated rings. The maximum atomic E-state index is 2.00. The fraction of sp³-hybridized carbons (Fsp3) is 0. The van der Waals surface area contributed by atoms with Gasteiger partial charge in [-0.3, -0.25) is 0 Å². The normalized spacial score (nSPS) is 7.50. The van der Waals surface area contributed by atoms with E-state index in [2.05, 4.69) is 0 Å². The summed E-state index contributed by atoms with van der Waals surface area (Å²) in [5.41, 5.74) is 0. The van der Waals surface area contributed by atoms with Gasteiger partial charge in [0.25, 0.3) is 0 Å². The molecule has 0 nitrogen and oxygen atoms in total. The van der Waals surface area contributed by atoms with Crippen molar-refractivity contribution in [3.05, 3.63) is 91.0 Å². The third kappa shape index (κ3) is 9.82. The third-order valence-electron chi connectivity index (χ3n) is 1.67. The molecule has 0 aliphatic heterocycles. The Morgan fingerprint density at radius 2 is 0.562 bits per heavy atom. The molecule has 16 heavy (non-hydrogen) atoms. The van der Waals surface area contributed by atoms with Gasteiger partial charge < -0.3 is 0 Å². The van der Waals surface area contributed by atoms with Crippen LogP contribution in [0, 0.1) is 36.9 Å². The van der Waals surface area contributed by atoms with Crippen molar-refractivity contribution >= 4 is 0 Å². The molecule has 0 amide bonds. The zero-order valence-corrected chi connectivity index (χ0v) is 10.7. The summed E-state index contributed by atoms with van der Waals surface area (Å²) in [4.78, 5) is 0. The van der Waals surface area contributed by atoms with Crippen molar-refractivity contribution < 1.29 is 36.9 Å². The molecule has 3 aromatic rings. The van der Waals surface area contributed by atoms with Crippen LogP contribution in [0.15, 0.2) is 91.0 Å². The fourth-order valence-corrected chi connectivity index (χ4v) is 0.962. The van der Waals surface area contributed by atoms with Gasteiger partial charge in [0.15, 0.2) is 0 Å². The zero-order valence-electron chi connectivity index (χ0n) is 8.94. The first-order valence-electron chi connectivity index (χ1n) is 5.00. The van der Waals surface area contributed by atoms with Gasteiger partial charge >= 0.3 is 36.9 Å². The van der Waals surface area contributed by atoms with Crippen LogP contribution < -0.4 is 0 Å². The second-order valence-electron chi connectivity index (χ2n) is 2.89. The molecular weight excluding hydrogens is 349 g/mol. The van der Waals surface area contributed by atoms with E-state index in [1.54, 1.807) is 0 Å². The zero-order chi connectivity index (χ0) is 10.6. The summed E-state index contributed by atoms with van der Waals surface area (Å²) >= 11 is 0. The van der Waals surface area contributed by atoms with E-state index < -0.39 is 0 Å². The van der Waals surface area contributed by atoms with E-state index in [0.717, 1.165) is 0 Å². The van der Waals surface area contributed by atoms with Gasteiger partial charge in [-0.05, 0) is 0 Å². The van der Waals surface area contributed by atoms with Crippen molar-refractivity contribution in [2.24, 2.45) is 0 Å². The number of rotatable bonds is 0. The molecule has 0 N–H and O–H groups in total. The fourth-order valence-electron chi connectivity index (χ4n) is 0.962. The van der Waals surface area contributed by atoms with Crippen LogP contribution in [-0.4, -0.2) is 0 Å². The first-order chi connectivity index (χ1) is 7.50. The van der Waals surface area contributed by atoms with Crippen LogP contribution in [-0.2, 0) is 0 Å². The average molecular weight is 364 g/mol. The molecule has 0 bridgehead atoms. The molecule has 0 saturated heterocycles. The van der Waals surface area contributed by atoms with E-state index in [9.17, 15) is 0 Å². The molecular formula is C15H15Tm. The van der Waals surface area contributed by atoms with Crippen LogP contribution in [0.1, 0.15) is 0 Å². The molecule has 3 aromatic carbocycles. The van der Waals surface area contributed by atoms with Crippen LogP contribution >= 0.6 is 0 Å². The second kappa shape index (κ2) is 12.4. The van der Waals surface area contributed by atoms with Gasteiger partial charge in [0.1, 0.15) is 0 Å². The molecule has 0 spiro atoms. The van der Waals surface area contributed by atoms with E-state index in [1.165, 1.54) is 0 Å². The summed E-state index contributed by atoms with van der Waals surface area (Å²) in [6.07, 6.45) is 0. The first-order valence-corrected chi connectivity index (χ1v) is 5.00. The molecule has 0 aliphatic rings. The van der Waals surface area contributed by atoms with E-state index >= 15 is 0 Å². The molecule has 0 radical (unpaired) electrons. The quantitative estimate of drug-likeness (QED) is 0.524. The minimum atomic E-state index is 0. The smallest absolute Gasteiger partial charge is 0.214 e. The standard InChI is InChI=1S/3C5H5.Tm/c3*1-2-4-5-3-1;/h3*1-5H;/q3*-1;+3. The minimum absolute atomic E-state index is 0.